The lowest BCUT2D eigenvalue weighted by molar-refractivity contribution is 0.628. The minimum Gasteiger partial charge on any atom is -0.268 e. The molecular weight excluding hydrogens is 189 g/mol. The van der Waals surface area contributed by atoms with Crippen molar-refractivity contribution in [2.45, 2.75) is 6.42 Å². The molecule has 0 amide bonds. The molecule has 1 aromatic carbocycles. The van der Waals surface area contributed by atoms with Gasteiger partial charge in [-0.1, -0.05) is 17.7 Å². The van der Waals surface area contributed by atoms with E-state index in [2.05, 4.69) is 4.99 Å². The topological polar surface area (TPSA) is 12.4 Å². The number of hydrogen-bond acceptors (Lipinski definition) is 1. The average Bonchev–Trinajstić information content (AvgIpc) is 2.62. The van der Waals surface area contributed by atoms with E-state index in [-0.39, 0.29) is 10.8 Å². The van der Waals surface area contributed by atoms with Gasteiger partial charge >= 0.3 is 0 Å². The molecule has 0 bridgehead atoms. The maximum Gasteiger partial charge on any atom is 0.141 e. The van der Waals surface area contributed by atoms with E-state index in [0.717, 1.165) is 17.6 Å². The number of hydrogen-bond donors (Lipinski definition) is 0. The molecule has 1 aliphatic heterocycles. The van der Waals surface area contributed by atoms with Crippen molar-refractivity contribution in [2.75, 3.05) is 0 Å². The second kappa shape index (κ2) is 3.30. The van der Waals surface area contributed by atoms with E-state index in [1.54, 1.807) is 18.3 Å². The largest absolute Gasteiger partial charge is 0.268 e. The summed E-state index contributed by atoms with van der Waals surface area (Å²) in [6.45, 7) is 0. The lowest BCUT2D eigenvalue weighted by Gasteiger charge is -2.01. The Labute approximate surface area is 80.6 Å². The quantitative estimate of drug-likeness (QED) is 0.652. The lowest BCUT2D eigenvalue weighted by atomic mass is 10.1. The molecule has 1 nitrogen and oxygen atoms in total. The molecular formula is C10H7ClFN. The van der Waals surface area contributed by atoms with Gasteiger partial charge < -0.3 is 0 Å². The van der Waals surface area contributed by atoms with E-state index in [4.69, 9.17) is 11.6 Å². The zero-order valence-corrected chi connectivity index (χ0v) is 7.55. The predicted molar refractivity (Wildman–Crippen MR) is 52.5 cm³/mol. The number of halogens is 2. The molecule has 0 aromatic heterocycles. The van der Waals surface area contributed by atoms with Crippen molar-refractivity contribution < 1.29 is 4.39 Å². The van der Waals surface area contributed by atoms with Crippen molar-refractivity contribution >= 4 is 23.4 Å². The summed E-state index contributed by atoms with van der Waals surface area (Å²) in [7, 11) is 0. The summed E-state index contributed by atoms with van der Waals surface area (Å²) in [5.41, 5.74) is 2.01. The van der Waals surface area contributed by atoms with Crippen molar-refractivity contribution in [3.8, 4) is 0 Å². The van der Waals surface area contributed by atoms with Gasteiger partial charge in [-0.3, -0.25) is 4.99 Å². The fraction of sp³-hybridized carbons (Fsp3) is 0.100. The Balaban J connectivity index is 2.37. The molecule has 2 rings (SSSR count). The summed E-state index contributed by atoms with van der Waals surface area (Å²) in [4.78, 5) is 3.97. The predicted octanol–water partition coefficient (Wildman–Crippen LogP) is 3.29. The molecule has 1 aromatic rings. The molecule has 0 fully saturated rings. The summed E-state index contributed by atoms with van der Waals surface area (Å²) in [6, 6.07) is 4.70. The maximum absolute atomic E-state index is 12.8. The third-order valence-electron chi connectivity index (χ3n) is 1.94. The van der Waals surface area contributed by atoms with Crippen molar-refractivity contribution in [3.63, 3.8) is 0 Å². The van der Waals surface area contributed by atoms with Gasteiger partial charge in [0.15, 0.2) is 0 Å². The summed E-state index contributed by atoms with van der Waals surface area (Å²) in [5, 5.41) is 0.158. The SMILES string of the molecule is Fc1ccc(C2=CN=CC2)cc1Cl. The summed E-state index contributed by atoms with van der Waals surface area (Å²) >= 11 is 5.65. The highest BCUT2D eigenvalue weighted by atomic mass is 35.5. The molecule has 0 N–H and O–H groups in total. The van der Waals surface area contributed by atoms with Crippen molar-refractivity contribution in [1.82, 2.24) is 0 Å². The van der Waals surface area contributed by atoms with Gasteiger partial charge in [-0.15, -0.1) is 0 Å². The Morgan fingerprint density at radius 3 is 2.85 bits per heavy atom. The number of aliphatic imine (C=N–C) groups is 1. The molecule has 0 atom stereocenters. The van der Waals surface area contributed by atoms with Gasteiger partial charge in [0.2, 0.25) is 0 Å². The van der Waals surface area contributed by atoms with Crippen molar-refractivity contribution in [1.29, 1.82) is 0 Å². The van der Waals surface area contributed by atoms with E-state index in [1.165, 1.54) is 6.07 Å². The van der Waals surface area contributed by atoms with Crippen LogP contribution in [0.15, 0.2) is 29.4 Å². The Kier molecular flexibility index (Phi) is 2.15. The van der Waals surface area contributed by atoms with E-state index in [9.17, 15) is 4.39 Å². The van der Waals surface area contributed by atoms with Crippen LogP contribution in [-0.4, -0.2) is 6.21 Å². The molecule has 0 saturated heterocycles. The highest BCUT2D eigenvalue weighted by Crippen LogP contribution is 2.25. The monoisotopic (exact) mass is 195 g/mol. The number of nitrogens with zero attached hydrogens (tertiary/aromatic N) is 1. The van der Waals surface area contributed by atoms with Crippen LogP contribution < -0.4 is 0 Å². The minimum atomic E-state index is -0.384. The average molecular weight is 196 g/mol. The van der Waals surface area contributed by atoms with Crippen LogP contribution in [0.4, 0.5) is 4.39 Å². The Morgan fingerprint density at radius 1 is 1.38 bits per heavy atom. The molecule has 0 saturated carbocycles. The Hall–Kier alpha value is -1.15. The summed E-state index contributed by atoms with van der Waals surface area (Å²) < 4.78 is 12.8. The normalized spacial score (nSPS) is 14.8. The van der Waals surface area contributed by atoms with E-state index >= 15 is 0 Å². The fourth-order valence-electron chi connectivity index (χ4n) is 1.23. The van der Waals surface area contributed by atoms with Crippen LogP contribution in [0.2, 0.25) is 5.02 Å². The summed E-state index contributed by atoms with van der Waals surface area (Å²) in [5.74, 6) is -0.384. The van der Waals surface area contributed by atoms with Crippen LogP contribution in [0.3, 0.4) is 0 Å². The Morgan fingerprint density at radius 2 is 2.23 bits per heavy atom. The fourth-order valence-corrected chi connectivity index (χ4v) is 1.42. The number of rotatable bonds is 1. The first-order chi connectivity index (χ1) is 6.27. The maximum atomic E-state index is 12.8. The van der Waals surface area contributed by atoms with Gasteiger partial charge in [-0.05, 0) is 23.3 Å². The molecule has 66 valence electrons. The second-order valence-electron chi connectivity index (χ2n) is 2.82. The van der Waals surface area contributed by atoms with Crippen LogP contribution in [-0.2, 0) is 0 Å². The van der Waals surface area contributed by atoms with E-state index in [0.29, 0.717) is 0 Å². The van der Waals surface area contributed by atoms with E-state index in [1.807, 2.05) is 6.21 Å². The van der Waals surface area contributed by atoms with Gasteiger partial charge in [0.25, 0.3) is 0 Å². The van der Waals surface area contributed by atoms with Crippen LogP contribution in [0.5, 0.6) is 0 Å². The highest BCUT2D eigenvalue weighted by Gasteiger charge is 2.06. The molecule has 0 aliphatic carbocycles. The minimum absolute atomic E-state index is 0.158. The zero-order chi connectivity index (χ0) is 9.26. The number of benzene rings is 1. The summed E-state index contributed by atoms with van der Waals surface area (Å²) in [6.07, 6.45) is 4.37. The smallest absolute Gasteiger partial charge is 0.141 e. The Bertz CT molecular complexity index is 396. The molecule has 0 radical (unpaired) electrons. The highest BCUT2D eigenvalue weighted by molar-refractivity contribution is 6.30. The molecule has 1 heterocycles. The lowest BCUT2D eigenvalue weighted by Crippen LogP contribution is -1.84. The third-order valence-corrected chi connectivity index (χ3v) is 2.23. The van der Waals surface area contributed by atoms with Crippen molar-refractivity contribution in [3.05, 3.63) is 40.8 Å². The van der Waals surface area contributed by atoms with E-state index < -0.39 is 0 Å². The first-order valence-electron chi connectivity index (χ1n) is 3.93. The molecule has 1 aliphatic rings. The van der Waals surface area contributed by atoms with Gasteiger partial charge in [0.05, 0.1) is 5.02 Å². The van der Waals surface area contributed by atoms with Gasteiger partial charge in [-0.2, -0.15) is 0 Å². The first kappa shape index (κ1) is 8.45. The number of allylic oxidation sites excluding steroid dienone is 1. The second-order valence-corrected chi connectivity index (χ2v) is 3.23. The van der Waals surface area contributed by atoms with Crippen molar-refractivity contribution in [2.24, 2.45) is 4.99 Å². The first-order valence-corrected chi connectivity index (χ1v) is 4.31. The van der Waals surface area contributed by atoms with Crippen LogP contribution in [0, 0.1) is 5.82 Å². The molecule has 0 unspecified atom stereocenters. The van der Waals surface area contributed by atoms with Crippen LogP contribution >= 0.6 is 11.6 Å². The van der Waals surface area contributed by atoms with Crippen LogP contribution in [0.1, 0.15) is 12.0 Å². The molecule has 3 heteroatoms. The zero-order valence-electron chi connectivity index (χ0n) is 6.80. The standard InChI is InChI=1S/C10H7ClFN/c11-9-5-7(1-2-10(9)12)8-3-4-13-6-8/h1-2,4-6H,3H2. The third kappa shape index (κ3) is 1.63. The molecule has 13 heavy (non-hydrogen) atoms. The molecule has 0 spiro atoms. The van der Waals surface area contributed by atoms with Crippen LogP contribution in [0.25, 0.3) is 5.57 Å². The van der Waals surface area contributed by atoms with Gasteiger partial charge in [-0.25, -0.2) is 4.39 Å². The van der Waals surface area contributed by atoms with Gasteiger partial charge in [0, 0.05) is 18.8 Å². The van der Waals surface area contributed by atoms with Gasteiger partial charge in [0.1, 0.15) is 5.82 Å².